The monoisotopic (exact) mass is 358 g/mol. The van der Waals surface area contributed by atoms with Crippen LogP contribution >= 0.6 is 27.3 Å². The second-order valence-corrected chi connectivity index (χ2v) is 7.44. The smallest absolute Gasteiger partial charge is 0.134 e. The maximum atomic E-state index is 4.50. The van der Waals surface area contributed by atoms with E-state index in [4.69, 9.17) is 0 Å². The van der Waals surface area contributed by atoms with Gasteiger partial charge in [0.25, 0.3) is 0 Å². The molecular weight excluding hydrogens is 344 g/mol. The van der Waals surface area contributed by atoms with E-state index in [1.807, 2.05) is 23.6 Å². The molecule has 0 aliphatic heterocycles. The fourth-order valence-corrected chi connectivity index (χ4v) is 4.66. The lowest BCUT2D eigenvalue weighted by molar-refractivity contribution is 0.913. The van der Waals surface area contributed by atoms with Crippen LogP contribution in [0, 0.1) is 0 Å². The number of benzene rings is 1. The van der Waals surface area contributed by atoms with Crippen molar-refractivity contribution in [2.75, 3.05) is 5.32 Å². The molecule has 0 radical (unpaired) electrons. The van der Waals surface area contributed by atoms with E-state index in [-0.39, 0.29) is 0 Å². The molecule has 0 amide bonds. The van der Waals surface area contributed by atoms with Gasteiger partial charge in [0.1, 0.15) is 5.82 Å². The van der Waals surface area contributed by atoms with Gasteiger partial charge in [-0.25, -0.2) is 4.98 Å². The number of thiophene rings is 1. The Hall–Kier alpha value is -1.39. The van der Waals surface area contributed by atoms with Crippen molar-refractivity contribution in [1.29, 1.82) is 0 Å². The van der Waals surface area contributed by atoms with Crippen LogP contribution in [0.25, 0.3) is 10.8 Å². The van der Waals surface area contributed by atoms with Crippen LogP contribution in [0.15, 0.2) is 41.0 Å². The van der Waals surface area contributed by atoms with Crippen LogP contribution in [-0.2, 0) is 19.4 Å². The van der Waals surface area contributed by atoms with E-state index in [1.165, 1.54) is 29.5 Å². The van der Waals surface area contributed by atoms with Crippen LogP contribution in [0.3, 0.4) is 0 Å². The topological polar surface area (TPSA) is 24.9 Å². The zero-order valence-corrected chi connectivity index (χ0v) is 13.9. The third-order valence-electron chi connectivity index (χ3n) is 3.98. The van der Waals surface area contributed by atoms with Crippen LogP contribution in [0.4, 0.5) is 5.82 Å². The standard InChI is InChI=1S/C17H15BrN2S/c18-15-5-2-4-14-13(15)7-8-19-17(14)20-10-12-9-11-3-1-6-16(11)21-12/h2,4-5,7-9H,1,3,6,10H2,(H,19,20). The Morgan fingerprint density at radius 3 is 3.05 bits per heavy atom. The van der Waals surface area contributed by atoms with Crippen LogP contribution < -0.4 is 5.32 Å². The van der Waals surface area contributed by atoms with Gasteiger partial charge in [-0.15, -0.1) is 11.3 Å². The lowest BCUT2D eigenvalue weighted by Gasteiger charge is -2.08. The van der Waals surface area contributed by atoms with Gasteiger partial charge in [-0.05, 0) is 43.0 Å². The number of halogens is 1. The summed E-state index contributed by atoms with van der Waals surface area (Å²) in [6, 6.07) is 10.6. The second-order valence-electron chi connectivity index (χ2n) is 5.36. The van der Waals surface area contributed by atoms with Crippen molar-refractivity contribution < 1.29 is 0 Å². The van der Waals surface area contributed by atoms with Gasteiger partial charge < -0.3 is 5.32 Å². The Morgan fingerprint density at radius 1 is 1.19 bits per heavy atom. The summed E-state index contributed by atoms with van der Waals surface area (Å²) in [5.74, 6) is 0.961. The molecule has 0 bridgehead atoms. The summed E-state index contributed by atoms with van der Waals surface area (Å²) in [5, 5.41) is 5.86. The van der Waals surface area contributed by atoms with Gasteiger partial charge >= 0.3 is 0 Å². The predicted octanol–water partition coefficient (Wildman–Crippen LogP) is 5.16. The van der Waals surface area contributed by atoms with E-state index in [0.29, 0.717) is 0 Å². The Kier molecular flexibility index (Phi) is 3.43. The highest BCUT2D eigenvalue weighted by Crippen LogP contribution is 2.32. The molecule has 0 saturated heterocycles. The summed E-state index contributed by atoms with van der Waals surface area (Å²) >= 11 is 5.55. The first-order valence-corrected chi connectivity index (χ1v) is 8.80. The molecule has 1 aromatic carbocycles. The highest BCUT2D eigenvalue weighted by atomic mass is 79.9. The highest BCUT2D eigenvalue weighted by Gasteiger charge is 2.14. The Balaban J connectivity index is 1.61. The van der Waals surface area contributed by atoms with E-state index in [2.05, 4.69) is 50.5 Å². The number of aryl methyl sites for hydroxylation is 2. The fraction of sp³-hybridized carbons (Fsp3) is 0.235. The molecule has 0 saturated carbocycles. The minimum atomic E-state index is 0.857. The van der Waals surface area contributed by atoms with Crippen molar-refractivity contribution in [2.24, 2.45) is 0 Å². The molecular formula is C17H15BrN2S. The number of fused-ring (bicyclic) bond motifs is 2. The molecule has 1 N–H and O–H groups in total. The third-order valence-corrected chi connectivity index (χ3v) is 5.91. The first kappa shape index (κ1) is 13.3. The van der Waals surface area contributed by atoms with Crippen LogP contribution in [0.5, 0.6) is 0 Å². The van der Waals surface area contributed by atoms with E-state index >= 15 is 0 Å². The average molecular weight is 359 g/mol. The highest BCUT2D eigenvalue weighted by molar-refractivity contribution is 9.10. The number of nitrogens with one attached hydrogen (secondary N) is 1. The van der Waals surface area contributed by atoms with Gasteiger partial charge in [0.2, 0.25) is 0 Å². The Bertz CT molecular complexity index is 788. The third kappa shape index (κ3) is 2.47. The molecule has 2 nitrogen and oxygen atoms in total. The summed E-state index contributed by atoms with van der Waals surface area (Å²) < 4.78 is 1.11. The van der Waals surface area contributed by atoms with Gasteiger partial charge in [-0.3, -0.25) is 0 Å². The van der Waals surface area contributed by atoms with Crippen LogP contribution in [-0.4, -0.2) is 4.98 Å². The number of rotatable bonds is 3. The lowest BCUT2D eigenvalue weighted by Crippen LogP contribution is -2.00. The zero-order chi connectivity index (χ0) is 14.2. The molecule has 21 heavy (non-hydrogen) atoms. The molecule has 2 heterocycles. The average Bonchev–Trinajstić information content (AvgIpc) is 3.07. The van der Waals surface area contributed by atoms with Crippen molar-refractivity contribution in [3.8, 4) is 0 Å². The summed E-state index contributed by atoms with van der Waals surface area (Å²) in [7, 11) is 0. The molecule has 0 spiro atoms. The molecule has 0 unspecified atom stereocenters. The summed E-state index contributed by atoms with van der Waals surface area (Å²) in [6.45, 7) is 0.857. The molecule has 1 aliphatic carbocycles. The van der Waals surface area contributed by atoms with Crippen molar-refractivity contribution >= 4 is 43.9 Å². The maximum Gasteiger partial charge on any atom is 0.134 e. The molecule has 0 fully saturated rings. The van der Waals surface area contributed by atoms with Crippen LogP contribution in [0.2, 0.25) is 0 Å². The maximum absolute atomic E-state index is 4.50. The Morgan fingerprint density at radius 2 is 2.14 bits per heavy atom. The van der Waals surface area contributed by atoms with E-state index in [9.17, 15) is 0 Å². The van der Waals surface area contributed by atoms with Crippen LogP contribution in [0.1, 0.15) is 21.7 Å². The zero-order valence-electron chi connectivity index (χ0n) is 11.5. The molecule has 106 valence electrons. The molecule has 4 heteroatoms. The van der Waals surface area contributed by atoms with E-state index < -0.39 is 0 Å². The SMILES string of the molecule is Brc1cccc2c(NCc3cc4c(s3)CCC4)nccc12. The minimum absolute atomic E-state index is 0.857. The van der Waals surface area contributed by atoms with Crippen molar-refractivity contribution in [3.05, 3.63) is 56.3 Å². The number of hydrogen-bond acceptors (Lipinski definition) is 3. The normalized spacial score (nSPS) is 13.6. The summed E-state index contributed by atoms with van der Waals surface area (Å²) in [6.07, 6.45) is 5.71. The number of nitrogens with zero attached hydrogens (tertiary/aromatic N) is 1. The van der Waals surface area contributed by atoms with Gasteiger partial charge in [0.15, 0.2) is 0 Å². The minimum Gasteiger partial charge on any atom is -0.365 e. The predicted molar refractivity (Wildman–Crippen MR) is 93.1 cm³/mol. The quantitative estimate of drug-likeness (QED) is 0.699. The molecule has 4 rings (SSSR count). The first-order valence-electron chi connectivity index (χ1n) is 7.19. The molecule has 1 aliphatic rings. The van der Waals surface area contributed by atoms with Crippen molar-refractivity contribution in [1.82, 2.24) is 4.98 Å². The molecule has 3 aromatic rings. The van der Waals surface area contributed by atoms with Crippen molar-refractivity contribution in [2.45, 2.75) is 25.8 Å². The number of hydrogen-bond donors (Lipinski definition) is 1. The number of anilines is 1. The second kappa shape index (κ2) is 5.43. The van der Waals surface area contributed by atoms with E-state index in [0.717, 1.165) is 22.2 Å². The number of pyridine rings is 1. The largest absolute Gasteiger partial charge is 0.365 e. The summed E-state index contributed by atoms with van der Waals surface area (Å²) in [4.78, 5) is 7.49. The Labute approximate surface area is 136 Å². The van der Waals surface area contributed by atoms with Gasteiger partial charge in [0, 0.05) is 31.2 Å². The summed E-state index contributed by atoms with van der Waals surface area (Å²) in [5.41, 5.74) is 1.56. The van der Waals surface area contributed by atoms with Gasteiger partial charge in [0.05, 0.1) is 6.54 Å². The molecule has 2 aromatic heterocycles. The van der Waals surface area contributed by atoms with E-state index in [1.54, 1.807) is 10.4 Å². The first-order chi connectivity index (χ1) is 10.3. The fourth-order valence-electron chi connectivity index (χ4n) is 2.96. The lowest BCUT2D eigenvalue weighted by atomic mass is 10.1. The van der Waals surface area contributed by atoms with Gasteiger partial charge in [-0.1, -0.05) is 28.1 Å². The van der Waals surface area contributed by atoms with Gasteiger partial charge in [-0.2, -0.15) is 0 Å². The van der Waals surface area contributed by atoms with Crippen molar-refractivity contribution in [3.63, 3.8) is 0 Å². The molecule has 0 atom stereocenters. The number of aromatic nitrogens is 1.